The number of esters is 1. The Morgan fingerprint density at radius 3 is 2.26 bits per heavy atom. The number of carbonyl (C=O) groups is 2. The molecule has 178 valence electrons. The second-order valence-electron chi connectivity index (χ2n) is 7.88. The smallest absolute Gasteiger partial charge is 0.337 e. The molecule has 0 bridgehead atoms. The number of nitrogens with zero attached hydrogens (tertiary/aromatic N) is 5. The molecular formula is C25H24N6O3S. The summed E-state index contributed by atoms with van der Waals surface area (Å²) in [6.45, 7) is 5.84. The van der Waals surface area contributed by atoms with Crippen molar-refractivity contribution in [2.45, 2.75) is 31.7 Å². The summed E-state index contributed by atoms with van der Waals surface area (Å²) in [4.78, 5) is 33.8. The van der Waals surface area contributed by atoms with E-state index in [9.17, 15) is 9.59 Å². The summed E-state index contributed by atoms with van der Waals surface area (Å²) < 4.78 is 6.37. The van der Waals surface area contributed by atoms with Gasteiger partial charge in [0.15, 0.2) is 10.9 Å². The number of anilines is 1. The molecular weight excluding hydrogens is 464 g/mol. The predicted molar refractivity (Wildman–Crippen MR) is 133 cm³/mol. The number of methoxy groups -OCH3 is 1. The molecule has 0 radical (unpaired) electrons. The van der Waals surface area contributed by atoms with E-state index in [0.717, 1.165) is 22.6 Å². The van der Waals surface area contributed by atoms with Crippen molar-refractivity contribution < 1.29 is 14.3 Å². The third kappa shape index (κ3) is 5.72. The highest BCUT2D eigenvalue weighted by atomic mass is 32.2. The van der Waals surface area contributed by atoms with Gasteiger partial charge in [-0.25, -0.2) is 19.4 Å². The molecule has 0 fully saturated rings. The van der Waals surface area contributed by atoms with E-state index in [1.807, 2.05) is 51.1 Å². The summed E-state index contributed by atoms with van der Waals surface area (Å²) in [5, 5.41) is 11.9. The molecule has 0 unspecified atom stereocenters. The van der Waals surface area contributed by atoms with Gasteiger partial charge in [-0.3, -0.25) is 4.79 Å². The summed E-state index contributed by atoms with van der Waals surface area (Å²) in [5.41, 5.74) is 5.37. The van der Waals surface area contributed by atoms with Crippen LogP contribution in [0.25, 0.3) is 5.69 Å². The van der Waals surface area contributed by atoms with Crippen molar-refractivity contribution in [2.75, 3.05) is 12.4 Å². The largest absolute Gasteiger partial charge is 0.465 e. The maximum Gasteiger partial charge on any atom is 0.337 e. The van der Waals surface area contributed by atoms with Gasteiger partial charge in [0.25, 0.3) is 5.91 Å². The van der Waals surface area contributed by atoms with Crippen molar-refractivity contribution in [1.82, 2.24) is 25.0 Å². The molecule has 0 aliphatic carbocycles. The minimum Gasteiger partial charge on any atom is -0.465 e. The van der Waals surface area contributed by atoms with Crippen molar-refractivity contribution in [2.24, 2.45) is 0 Å². The summed E-state index contributed by atoms with van der Waals surface area (Å²) in [6, 6.07) is 16.1. The van der Waals surface area contributed by atoms with E-state index in [0.29, 0.717) is 27.9 Å². The van der Waals surface area contributed by atoms with E-state index >= 15 is 0 Å². The van der Waals surface area contributed by atoms with Crippen LogP contribution < -0.4 is 5.32 Å². The van der Waals surface area contributed by atoms with Crippen LogP contribution in [-0.4, -0.2) is 43.9 Å². The molecule has 1 N–H and O–H groups in total. The predicted octanol–water partition coefficient (Wildman–Crippen LogP) is 4.31. The van der Waals surface area contributed by atoms with Gasteiger partial charge >= 0.3 is 5.97 Å². The minimum atomic E-state index is -0.447. The van der Waals surface area contributed by atoms with Crippen LogP contribution in [0.1, 0.15) is 43.5 Å². The second kappa shape index (κ2) is 10.5. The third-order valence-corrected chi connectivity index (χ3v) is 5.98. The van der Waals surface area contributed by atoms with Crippen LogP contribution in [0.3, 0.4) is 0 Å². The van der Waals surface area contributed by atoms with Crippen molar-refractivity contribution in [3.8, 4) is 5.69 Å². The van der Waals surface area contributed by atoms with E-state index in [-0.39, 0.29) is 5.69 Å². The first-order chi connectivity index (χ1) is 16.8. The first-order valence-corrected chi connectivity index (χ1v) is 11.8. The molecule has 2 aromatic carbocycles. The summed E-state index contributed by atoms with van der Waals surface area (Å²) in [7, 11) is 1.32. The third-order valence-electron chi connectivity index (χ3n) is 5.12. The number of aromatic nitrogens is 5. The van der Waals surface area contributed by atoms with Gasteiger partial charge in [0.2, 0.25) is 0 Å². The van der Waals surface area contributed by atoms with Gasteiger partial charge in [-0.15, -0.1) is 5.10 Å². The van der Waals surface area contributed by atoms with Crippen LogP contribution in [-0.2, 0) is 10.5 Å². The standard InChI is InChI=1S/C25H24N6O3S/c1-15-5-11-20(12-6-15)31-21(14-35-25-26-16(2)13-17(3)27-25)22(29-30-31)23(32)28-19-9-7-18(8-10-19)24(33)34-4/h5-13H,14H2,1-4H3,(H,28,32). The SMILES string of the molecule is COC(=O)c1ccc(NC(=O)c2nnn(-c3ccc(C)cc3)c2CSc2nc(C)cc(C)n2)cc1. The van der Waals surface area contributed by atoms with Crippen LogP contribution in [0, 0.1) is 20.8 Å². The molecule has 0 atom stereocenters. The van der Waals surface area contributed by atoms with Crippen LogP contribution >= 0.6 is 11.8 Å². The Labute approximate surface area is 207 Å². The lowest BCUT2D eigenvalue weighted by atomic mass is 10.2. The van der Waals surface area contributed by atoms with Crippen molar-refractivity contribution >= 4 is 29.3 Å². The van der Waals surface area contributed by atoms with Gasteiger partial charge < -0.3 is 10.1 Å². The molecule has 9 nitrogen and oxygen atoms in total. The topological polar surface area (TPSA) is 112 Å². The van der Waals surface area contributed by atoms with Crippen molar-refractivity contribution in [3.63, 3.8) is 0 Å². The van der Waals surface area contributed by atoms with Crippen LogP contribution in [0.2, 0.25) is 0 Å². The fraction of sp³-hybridized carbons (Fsp3) is 0.200. The van der Waals surface area contributed by atoms with Gasteiger partial charge in [-0.1, -0.05) is 34.7 Å². The Hall–Kier alpha value is -4.05. The average Bonchev–Trinajstić information content (AvgIpc) is 3.26. The molecule has 4 aromatic rings. The van der Waals surface area contributed by atoms with Gasteiger partial charge in [0, 0.05) is 22.8 Å². The summed E-state index contributed by atoms with van der Waals surface area (Å²) in [5.74, 6) is -0.476. The van der Waals surface area contributed by atoms with Crippen LogP contribution in [0.4, 0.5) is 5.69 Å². The van der Waals surface area contributed by atoms with Gasteiger partial charge in [0.1, 0.15) is 0 Å². The normalized spacial score (nSPS) is 10.7. The Balaban J connectivity index is 1.63. The fourth-order valence-electron chi connectivity index (χ4n) is 3.39. The number of carbonyl (C=O) groups excluding carboxylic acids is 2. The zero-order valence-electron chi connectivity index (χ0n) is 19.8. The molecule has 1 amide bonds. The van der Waals surface area contributed by atoms with E-state index in [1.54, 1.807) is 28.9 Å². The molecule has 10 heteroatoms. The maximum absolute atomic E-state index is 13.2. The van der Waals surface area contributed by atoms with Crippen LogP contribution in [0.5, 0.6) is 0 Å². The van der Waals surface area contributed by atoms with Gasteiger partial charge in [-0.05, 0) is 63.2 Å². The van der Waals surface area contributed by atoms with Crippen molar-refractivity contribution in [1.29, 1.82) is 0 Å². The molecule has 0 saturated carbocycles. The number of benzene rings is 2. The lowest BCUT2D eigenvalue weighted by Crippen LogP contribution is -2.15. The molecule has 2 aromatic heterocycles. The van der Waals surface area contributed by atoms with Gasteiger partial charge in [0.05, 0.1) is 24.1 Å². The fourth-order valence-corrected chi connectivity index (χ4v) is 4.33. The molecule has 0 saturated heterocycles. The molecule has 0 aliphatic heterocycles. The highest BCUT2D eigenvalue weighted by Gasteiger charge is 2.22. The quantitative estimate of drug-likeness (QED) is 0.233. The number of nitrogens with one attached hydrogen (secondary N) is 1. The molecule has 35 heavy (non-hydrogen) atoms. The number of hydrogen-bond acceptors (Lipinski definition) is 8. The van der Waals surface area contributed by atoms with E-state index < -0.39 is 11.9 Å². The zero-order valence-corrected chi connectivity index (χ0v) is 20.6. The van der Waals surface area contributed by atoms with Crippen LogP contribution in [0.15, 0.2) is 59.8 Å². The number of thioether (sulfide) groups is 1. The van der Waals surface area contributed by atoms with Crippen molar-refractivity contribution in [3.05, 3.63) is 88.5 Å². The zero-order chi connectivity index (χ0) is 24.9. The average molecular weight is 489 g/mol. The van der Waals surface area contributed by atoms with E-state index in [2.05, 4.69) is 25.6 Å². The number of amides is 1. The number of aryl methyl sites for hydroxylation is 3. The summed E-state index contributed by atoms with van der Waals surface area (Å²) in [6.07, 6.45) is 0. The van der Waals surface area contributed by atoms with Gasteiger partial charge in [-0.2, -0.15) is 0 Å². The Morgan fingerprint density at radius 1 is 0.971 bits per heavy atom. The molecule has 4 rings (SSSR count). The number of ether oxygens (including phenoxy) is 1. The number of rotatable bonds is 7. The lowest BCUT2D eigenvalue weighted by molar-refractivity contribution is 0.0600. The summed E-state index contributed by atoms with van der Waals surface area (Å²) >= 11 is 1.41. The first-order valence-electron chi connectivity index (χ1n) is 10.8. The Morgan fingerprint density at radius 2 is 1.63 bits per heavy atom. The monoisotopic (exact) mass is 488 g/mol. The molecule has 0 aliphatic rings. The maximum atomic E-state index is 13.2. The highest BCUT2D eigenvalue weighted by Crippen LogP contribution is 2.24. The second-order valence-corrected chi connectivity index (χ2v) is 8.82. The lowest BCUT2D eigenvalue weighted by Gasteiger charge is -2.09. The highest BCUT2D eigenvalue weighted by molar-refractivity contribution is 7.98. The Bertz CT molecular complexity index is 1350. The first kappa shape index (κ1) is 24.1. The molecule has 0 spiro atoms. The number of hydrogen-bond donors (Lipinski definition) is 1. The van der Waals surface area contributed by atoms with E-state index in [4.69, 9.17) is 4.74 Å². The Kier molecular flexibility index (Phi) is 7.21. The molecule has 2 heterocycles. The van der Waals surface area contributed by atoms with E-state index in [1.165, 1.54) is 18.9 Å². The minimum absolute atomic E-state index is 0.194.